The Kier molecular flexibility index (Phi) is 3.64. The highest BCUT2D eigenvalue weighted by atomic mass is 32.1. The number of hydrogen-bond donors (Lipinski definition) is 1. The quantitative estimate of drug-likeness (QED) is 0.903. The summed E-state index contributed by atoms with van der Waals surface area (Å²) < 4.78 is 0. The molecule has 4 heteroatoms. The van der Waals surface area contributed by atoms with Crippen molar-refractivity contribution in [1.82, 2.24) is 4.98 Å². The van der Waals surface area contributed by atoms with Crippen LogP contribution in [0.15, 0.2) is 29.8 Å². The smallest absolute Gasteiger partial charge is 0.131 e. The Morgan fingerprint density at radius 1 is 1.47 bits per heavy atom. The second-order valence-electron chi connectivity index (χ2n) is 4.00. The summed E-state index contributed by atoms with van der Waals surface area (Å²) in [7, 11) is 0. The molecule has 0 aliphatic rings. The standard InChI is InChI=1S/C13H17N3S/c1-3-16(9-12-5-4-6-17-12)13-10(2)7-11(14)8-15-13/h4-8H,3,9,14H2,1-2H3. The van der Waals surface area contributed by atoms with Gasteiger partial charge in [0.05, 0.1) is 18.4 Å². The van der Waals surface area contributed by atoms with E-state index >= 15 is 0 Å². The summed E-state index contributed by atoms with van der Waals surface area (Å²) in [5, 5.41) is 2.10. The van der Waals surface area contributed by atoms with Gasteiger partial charge in [0.2, 0.25) is 0 Å². The molecule has 2 rings (SSSR count). The van der Waals surface area contributed by atoms with Crippen molar-refractivity contribution in [2.45, 2.75) is 20.4 Å². The Bertz CT molecular complexity index is 479. The van der Waals surface area contributed by atoms with Crippen molar-refractivity contribution in [2.75, 3.05) is 17.2 Å². The van der Waals surface area contributed by atoms with E-state index in [0.29, 0.717) is 0 Å². The molecule has 0 aliphatic carbocycles. The number of nitrogens with zero attached hydrogens (tertiary/aromatic N) is 2. The fourth-order valence-electron chi connectivity index (χ4n) is 1.85. The lowest BCUT2D eigenvalue weighted by Crippen LogP contribution is -2.23. The molecule has 0 saturated carbocycles. The second-order valence-corrected chi connectivity index (χ2v) is 5.03. The first kappa shape index (κ1) is 11.9. The van der Waals surface area contributed by atoms with Gasteiger partial charge in [0, 0.05) is 11.4 Å². The molecule has 0 fully saturated rings. The molecule has 0 saturated heterocycles. The van der Waals surface area contributed by atoms with Crippen molar-refractivity contribution >= 4 is 22.8 Å². The van der Waals surface area contributed by atoms with Crippen LogP contribution in [0.2, 0.25) is 0 Å². The van der Waals surface area contributed by atoms with Crippen LogP contribution in [0.25, 0.3) is 0 Å². The van der Waals surface area contributed by atoms with E-state index in [1.54, 1.807) is 17.5 Å². The van der Waals surface area contributed by atoms with Crippen LogP contribution in [-0.4, -0.2) is 11.5 Å². The molecule has 0 unspecified atom stereocenters. The highest BCUT2D eigenvalue weighted by Gasteiger charge is 2.10. The summed E-state index contributed by atoms with van der Waals surface area (Å²) in [6.07, 6.45) is 1.72. The maximum atomic E-state index is 5.73. The first-order valence-corrected chi connectivity index (χ1v) is 6.58. The lowest BCUT2D eigenvalue weighted by molar-refractivity contribution is 0.818. The normalized spacial score (nSPS) is 10.5. The van der Waals surface area contributed by atoms with Crippen molar-refractivity contribution in [3.8, 4) is 0 Å². The van der Waals surface area contributed by atoms with Gasteiger partial charge in [0.1, 0.15) is 5.82 Å². The van der Waals surface area contributed by atoms with E-state index in [1.807, 2.05) is 6.07 Å². The molecular formula is C13H17N3S. The summed E-state index contributed by atoms with van der Waals surface area (Å²) in [6, 6.07) is 6.20. The van der Waals surface area contributed by atoms with Gasteiger partial charge in [-0.05, 0) is 36.9 Å². The summed E-state index contributed by atoms with van der Waals surface area (Å²) in [5.41, 5.74) is 7.58. The number of anilines is 2. The van der Waals surface area contributed by atoms with Gasteiger partial charge in [-0.3, -0.25) is 0 Å². The number of nitrogen functional groups attached to an aromatic ring is 1. The summed E-state index contributed by atoms with van der Waals surface area (Å²) >= 11 is 1.78. The predicted molar refractivity (Wildman–Crippen MR) is 74.4 cm³/mol. The number of aromatic nitrogens is 1. The molecule has 3 nitrogen and oxygen atoms in total. The molecule has 0 spiro atoms. The highest BCUT2D eigenvalue weighted by Crippen LogP contribution is 2.22. The van der Waals surface area contributed by atoms with E-state index in [0.717, 1.165) is 30.2 Å². The van der Waals surface area contributed by atoms with Crippen LogP contribution in [0.1, 0.15) is 17.4 Å². The van der Waals surface area contributed by atoms with Crippen LogP contribution < -0.4 is 10.6 Å². The predicted octanol–water partition coefficient (Wildman–Crippen LogP) is 3.06. The van der Waals surface area contributed by atoms with Gasteiger partial charge in [-0.2, -0.15) is 0 Å². The minimum Gasteiger partial charge on any atom is -0.397 e. The van der Waals surface area contributed by atoms with E-state index in [-0.39, 0.29) is 0 Å². The molecule has 0 aliphatic heterocycles. The number of aryl methyl sites for hydroxylation is 1. The zero-order chi connectivity index (χ0) is 12.3. The molecule has 0 radical (unpaired) electrons. The third kappa shape index (κ3) is 2.77. The number of nitrogens with two attached hydrogens (primary N) is 1. The number of hydrogen-bond acceptors (Lipinski definition) is 4. The fraction of sp³-hybridized carbons (Fsp3) is 0.308. The van der Waals surface area contributed by atoms with E-state index in [1.165, 1.54) is 4.88 Å². The number of thiophene rings is 1. The largest absolute Gasteiger partial charge is 0.397 e. The van der Waals surface area contributed by atoms with E-state index in [9.17, 15) is 0 Å². The monoisotopic (exact) mass is 247 g/mol. The molecule has 0 aromatic carbocycles. The zero-order valence-corrected chi connectivity index (χ0v) is 11.0. The summed E-state index contributed by atoms with van der Waals surface area (Å²) in [6.45, 7) is 6.04. The molecule has 2 aromatic rings. The summed E-state index contributed by atoms with van der Waals surface area (Å²) in [5.74, 6) is 1.02. The average Bonchev–Trinajstić information content (AvgIpc) is 2.79. The van der Waals surface area contributed by atoms with Crippen LogP contribution in [0.5, 0.6) is 0 Å². The van der Waals surface area contributed by atoms with Crippen LogP contribution in [0.4, 0.5) is 11.5 Å². The maximum Gasteiger partial charge on any atom is 0.131 e. The molecule has 0 bridgehead atoms. The van der Waals surface area contributed by atoms with Gasteiger partial charge in [-0.25, -0.2) is 4.98 Å². The van der Waals surface area contributed by atoms with Crippen molar-refractivity contribution in [3.05, 3.63) is 40.2 Å². The van der Waals surface area contributed by atoms with Gasteiger partial charge in [-0.1, -0.05) is 6.07 Å². The molecule has 2 heterocycles. The van der Waals surface area contributed by atoms with E-state index in [2.05, 4.69) is 41.2 Å². The minimum absolute atomic E-state index is 0.721. The van der Waals surface area contributed by atoms with Gasteiger partial charge < -0.3 is 10.6 Å². The van der Waals surface area contributed by atoms with Crippen LogP contribution >= 0.6 is 11.3 Å². The van der Waals surface area contributed by atoms with Crippen LogP contribution in [0, 0.1) is 6.92 Å². The third-order valence-corrected chi connectivity index (χ3v) is 3.54. The van der Waals surface area contributed by atoms with E-state index in [4.69, 9.17) is 5.73 Å². The lowest BCUT2D eigenvalue weighted by atomic mass is 10.2. The van der Waals surface area contributed by atoms with Gasteiger partial charge in [0.15, 0.2) is 0 Å². The van der Waals surface area contributed by atoms with Gasteiger partial charge >= 0.3 is 0 Å². The highest BCUT2D eigenvalue weighted by molar-refractivity contribution is 7.09. The van der Waals surface area contributed by atoms with Crippen LogP contribution in [0.3, 0.4) is 0 Å². The Balaban J connectivity index is 2.23. The average molecular weight is 247 g/mol. The molecule has 2 aromatic heterocycles. The lowest BCUT2D eigenvalue weighted by Gasteiger charge is -2.23. The Hall–Kier alpha value is -1.55. The first-order chi connectivity index (χ1) is 8.20. The fourth-order valence-corrected chi connectivity index (χ4v) is 2.57. The molecule has 0 atom stereocenters. The Labute approximate surface area is 106 Å². The minimum atomic E-state index is 0.721. The van der Waals surface area contributed by atoms with Crippen molar-refractivity contribution in [2.24, 2.45) is 0 Å². The molecule has 17 heavy (non-hydrogen) atoms. The molecular weight excluding hydrogens is 230 g/mol. The van der Waals surface area contributed by atoms with Crippen molar-refractivity contribution in [3.63, 3.8) is 0 Å². The topological polar surface area (TPSA) is 42.2 Å². The van der Waals surface area contributed by atoms with Crippen LogP contribution in [-0.2, 0) is 6.54 Å². The zero-order valence-electron chi connectivity index (χ0n) is 10.2. The number of rotatable bonds is 4. The van der Waals surface area contributed by atoms with Gasteiger partial charge in [0.25, 0.3) is 0 Å². The van der Waals surface area contributed by atoms with Gasteiger partial charge in [-0.15, -0.1) is 11.3 Å². The van der Waals surface area contributed by atoms with Crippen molar-refractivity contribution in [1.29, 1.82) is 0 Å². The third-order valence-electron chi connectivity index (χ3n) is 2.68. The summed E-state index contributed by atoms with van der Waals surface area (Å²) in [4.78, 5) is 8.05. The molecule has 0 amide bonds. The Morgan fingerprint density at radius 2 is 2.29 bits per heavy atom. The molecule has 2 N–H and O–H groups in total. The van der Waals surface area contributed by atoms with E-state index < -0.39 is 0 Å². The number of pyridine rings is 1. The maximum absolute atomic E-state index is 5.73. The molecule has 90 valence electrons. The van der Waals surface area contributed by atoms with Crippen molar-refractivity contribution < 1.29 is 0 Å². The first-order valence-electron chi connectivity index (χ1n) is 5.70. The second kappa shape index (κ2) is 5.19. The SMILES string of the molecule is CCN(Cc1cccs1)c1ncc(N)cc1C. The Morgan fingerprint density at radius 3 is 2.88 bits per heavy atom.